The van der Waals surface area contributed by atoms with E-state index in [0.717, 1.165) is 6.26 Å². The number of hydrogen-bond acceptors (Lipinski definition) is 7. The van der Waals surface area contributed by atoms with Crippen LogP contribution in [0.4, 0.5) is 11.4 Å². The van der Waals surface area contributed by atoms with Gasteiger partial charge in [-0.1, -0.05) is 23.7 Å². The van der Waals surface area contributed by atoms with Crippen molar-refractivity contribution < 1.29 is 22.8 Å². The lowest BCUT2D eigenvalue weighted by molar-refractivity contribution is -0.117. The van der Waals surface area contributed by atoms with Gasteiger partial charge in [0, 0.05) is 37.7 Å². The zero-order valence-corrected chi connectivity index (χ0v) is 21.4. The third-order valence-corrected chi connectivity index (χ3v) is 5.83. The van der Waals surface area contributed by atoms with E-state index in [1.807, 2.05) is 0 Å². The highest BCUT2D eigenvalue weighted by atomic mass is 35.5. The zero-order valence-electron chi connectivity index (χ0n) is 19.8. The molecule has 2 aromatic carbocycles. The molecule has 188 valence electrons. The monoisotopic (exact) mass is 529 g/mol. The first kappa shape index (κ1) is 26.8. The number of sulfonamides is 1. The number of ketones is 1. The van der Waals surface area contributed by atoms with E-state index in [4.69, 9.17) is 11.6 Å². The number of Topliss-reactive ketones (excluding diaryl/α,β-unsaturated/α-hetero) is 1. The van der Waals surface area contributed by atoms with E-state index in [0.29, 0.717) is 16.8 Å². The molecule has 3 aromatic rings. The summed E-state index contributed by atoms with van der Waals surface area (Å²) >= 11 is 6.13. The topological polar surface area (TPSA) is 130 Å². The second-order valence-electron chi connectivity index (χ2n) is 8.09. The molecule has 36 heavy (non-hydrogen) atoms. The number of nitrogens with zero attached hydrogens (tertiary/aromatic N) is 4. The van der Waals surface area contributed by atoms with Gasteiger partial charge in [0.25, 0.3) is 5.91 Å². The van der Waals surface area contributed by atoms with Crippen molar-refractivity contribution in [3.05, 3.63) is 82.9 Å². The van der Waals surface area contributed by atoms with Crippen molar-refractivity contribution in [1.82, 2.24) is 14.9 Å². The van der Waals surface area contributed by atoms with E-state index in [2.05, 4.69) is 14.7 Å². The molecule has 12 heteroatoms. The molecule has 0 aliphatic heterocycles. The quantitative estimate of drug-likeness (QED) is 0.333. The summed E-state index contributed by atoms with van der Waals surface area (Å²) in [7, 11) is -0.376. The van der Waals surface area contributed by atoms with Gasteiger partial charge in [-0.25, -0.2) is 18.4 Å². The maximum atomic E-state index is 13.3. The van der Waals surface area contributed by atoms with Crippen LogP contribution in [0.2, 0.25) is 5.02 Å². The number of halogens is 1. The average molecular weight is 530 g/mol. The van der Waals surface area contributed by atoms with Crippen LogP contribution in [0.15, 0.2) is 60.9 Å². The van der Waals surface area contributed by atoms with Crippen LogP contribution in [0.3, 0.4) is 0 Å². The van der Waals surface area contributed by atoms with Crippen LogP contribution in [0, 0.1) is 0 Å². The smallest absolute Gasteiger partial charge is 0.253 e. The lowest BCUT2D eigenvalue weighted by Crippen LogP contribution is -2.32. The standard InChI is InChI=1S/C24H24ClN5O5S/c1-29(2)24(33)17-6-4-7-18(13-17)30(22(32)14-21(31)23-26-10-5-11-27-23)15-16-8-9-19(25)20(12-16)28-36(3,34)35/h4-13,28H,14-15H2,1-3H3. The molecule has 0 atom stereocenters. The third kappa shape index (κ3) is 7.09. The minimum Gasteiger partial charge on any atom is -0.345 e. The summed E-state index contributed by atoms with van der Waals surface area (Å²) in [6, 6.07) is 12.6. The lowest BCUT2D eigenvalue weighted by Gasteiger charge is -2.24. The zero-order chi connectivity index (χ0) is 26.5. The molecule has 1 aromatic heterocycles. The van der Waals surface area contributed by atoms with E-state index in [9.17, 15) is 22.8 Å². The van der Waals surface area contributed by atoms with E-state index in [1.54, 1.807) is 50.5 Å². The number of amides is 2. The molecule has 0 spiro atoms. The molecule has 0 saturated heterocycles. The molecular formula is C24H24ClN5O5S. The Labute approximate surface area is 214 Å². The summed E-state index contributed by atoms with van der Waals surface area (Å²) in [6.07, 6.45) is 3.29. The van der Waals surface area contributed by atoms with Crippen LogP contribution in [-0.2, 0) is 21.4 Å². The molecule has 0 radical (unpaired) electrons. The maximum absolute atomic E-state index is 13.3. The Morgan fingerprint density at radius 3 is 2.33 bits per heavy atom. The van der Waals surface area contributed by atoms with Crippen LogP contribution in [0.1, 0.15) is 33.0 Å². The van der Waals surface area contributed by atoms with Crippen molar-refractivity contribution >= 4 is 50.6 Å². The molecule has 0 aliphatic rings. The van der Waals surface area contributed by atoms with E-state index in [-0.39, 0.29) is 29.0 Å². The van der Waals surface area contributed by atoms with Gasteiger partial charge in [0.2, 0.25) is 21.7 Å². The van der Waals surface area contributed by atoms with E-state index < -0.39 is 28.1 Å². The van der Waals surface area contributed by atoms with Gasteiger partial charge in [0.15, 0.2) is 5.82 Å². The second-order valence-corrected chi connectivity index (χ2v) is 10.2. The summed E-state index contributed by atoms with van der Waals surface area (Å²) in [5.74, 6) is -1.48. The first-order chi connectivity index (χ1) is 16.9. The van der Waals surface area contributed by atoms with Gasteiger partial charge in [0.05, 0.1) is 29.9 Å². The molecule has 2 amide bonds. The normalized spacial score (nSPS) is 11.0. The van der Waals surface area contributed by atoms with Crippen molar-refractivity contribution in [2.24, 2.45) is 0 Å². The molecule has 0 saturated carbocycles. The highest BCUT2D eigenvalue weighted by Crippen LogP contribution is 2.27. The molecule has 0 bridgehead atoms. The molecule has 0 aliphatic carbocycles. The van der Waals surface area contributed by atoms with Crippen molar-refractivity contribution in [1.29, 1.82) is 0 Å². The molecular weight excluding hydrogens is 506 g/mol. The van der Waals surface area contributed by atoms with Crippen molar-refractivity contribution in [3.63, 3.8) is 0 Å². The van der Waals surface area contributed by atoms with Crippen LogP contribution >= 0.6 is 11.6 Å². The summed E-state index contributed by atoms with van der Waals surface area (Å²) in [4.78, 5) is 49.0. The highest BCUT2D eigenvalue weighted by Gasteiger charge is 2.23. The fourth-order valence-electron chi connectivity index (χ4n) is 3.27. The molecule has 1 heterocycles. The summed E-state index contributed by atoms with van der Waals surface area (Å²) < 4.78 is 25.8. The fraction of sp³-hybridized carbons (Fsp3) is 0.208. The summed E-state index contributed by atoms with van der Waals surface area (Å²) in [5, 5.41) is 0.178. The first-order valence-corrected chi connectivity index (χ1v) is 12.9. The predicted molar refractivity (Wildman–Crippen MR) is 137 cm³/mol. The molecule has 0 unspecified atom stereocenters. The molecule has 10 nitrogen and oxygen atoms in total. The number of benzene rings is 2. The number of carbonyl (C=O) groups is 3. The fourth-order valence-corrected chi connectivity index (χ4v) is 4.06. The van der Waals surface area contributed by atoms with Gasteiger partial charge in [-0.2, -0.15) is 0 Å². The van der Waals surface area contributed by atoms with Gasteiger partial charge in [-0.15, -0.1) is 0 Å². The van der Waals surface area contributed by atoms with Crippen molar-refractivity contribution in [3.8, 4) is 0 Å². The Morgan fingerprint density at radius 2 is 1.69 bits per heavy atom. The van der Waals surface area contributed by atoms with Gasteiger partial charge < -0.3 is 9.80 Å². The number of hydrogen-bond donors (Lipinski definition) is 1. The second kappa shape index (κ2) is 11.3. The Balaban J connectivity index is 1.98. The minimum absolute atomic E-state index is 0.0308. The molecule has 1 N–H and O–H groups in total. The Bertz CT molecular complexity index is 1400. The van der Waals surface area contributed by atoms with Gasteiger partial charge in [-0.3, -0.25) is 19.1 Å². The van der Waals surface area contributed by atoms with Gasteiger partial charge in [0.1, 0.15) is 0 Å². The van der Waals surface area contributed by atoms with Crippen molar-refractivity contribution in [2.75, 3.05) is 30.0 Å². The largest absolute Gasteiger partial charge is 0.345 e. The Hall–Kier alpha value is -3.83. The highest BCUT2D eigenvalue weighted by molar-refractivity contribution is 7.92. The average Bonchev–Trinajstić information content (AvgIpc) is 2.83. The first-order valence-electron chi connectivity index (χ1n) is 10.6. The number of rotatable bonds is 9. The maximum Gasteiger partial charge on any atom is 0.253 e. The van der Waals surface area contributed by atoms with Crippen LogP contribution in [0.25, 0.3) is 0 Å². The lowest BCUT2D eigenvalue weighted by atomic mass is 10.1. The van der Waals surface area contributed by atoms with Crippen LogP contribution < -0.4 is 9.62 Å². The predicted octanol–water partition coefficient (Wildman–Crippen LogP) is 3.01. The number of carbonyl (C=O) groups excluding carboxylic acids is 3. The van der Waals surface area contributed by atoms with E-state index in [1.165, 1.54) is 34.3 Å². The Morgan fingerprint density at radius 1 is 1.00 bits per heavy atom. The van der Waals surface area contributed by atoms with Crippen LogP contribution in [-0.4, -0.2) is 61.2 Å². The molecule has 3 rings (SSSR count). The number of aromatic nitrogens is 2. The number of nitrogens with one attached hydrogen (secondary N) is 1. The third-order valence-electron chi connectivity index (χ3n) is 4.91. The van der Waals surface area contributed by atoms with Crippen LogP contribution in [0.5, 0.6) is 0 Å². The Kier molecular flexibility index (Phi) is 8.38. The van der Waals surface area contributed by atoms with Crippen molar-refractivity contribution in [2.45, 2.75) is 13.0 Å². The van der Waals surface area contributed by atoms with E-state index >= 15 is 0 Å². The van der Waals surface area contributed by atoms with Gasteiger partial charge >= 0.3 is 0 Å². The number of anilines is 2. The minimum atomic E-state index is -3.60. The molecule has 0 fully saturated rings. The summed E-state index contributed by atoms with van der Waals surface area (Å²) in [5.41, 5.74) is 1.41. The van der Waals surface area contributed by atoms with Gasteiger partial charge in [-0.05, 0) is 42.0 Å². The SMILES string of the molecule is CN(C)C(=O)c1cccc(N(Cc2ccc(Cl)c(NS(C)(=O)=O)c2)C(=O)CC(=O)c2ncccn2)c1. The summed E-state index contributed by atoms with van der Waals surface area (Å²) in [6.45, 7) is -0.0308.